The Labute approximate surface area is 202 Å². The SMILES string of the molecule is CCOc1ccc2cc(C(=O)Nc3cccc(S(N)(=O)=O)c3)c(N3CCCC(F)(F)CC3)nc2c1. The molecule has 1 aromatic heterocycles. The zero-order valence-corrected chi connectivity index (χ0v) is 19.9. The van der Waals surface area contributed by atoms with E-state index in [2.05, 4.69) is 10.3 Å². The number of carbonyl (C=O) groups is 1. The molecule has 0 bridgehead atoms. The number of hydrogen-bond acceptors (Lipinski definition) is 6. The van der Waals surface area contributed by atoms with E-state index < -0.39 is 21.9 Å². The van der Waals surface area contributed by atoms with Crippen molar-refractivity contribution in [1.82, 2.24) is 4.98 Å². The fraction of sp³-hybridized carbons (Fsp3) is 0.333. The van der Waals surface area contributed by atoms with Gasteiger partial charge in [-0.25, -0.2) is 27.3 Å². The fourth-order valence-corrected chi connectivity index (χ4v) is 4.59. The van der Waals surface area contributed by atoms with Crippen LogP contribution >= 0.6 is 0 Å². The highest BCUT2D eigenvalue weighted by Crippen LogP contribution is 2.33. The predicted molar refractivity (Wildman–Crippen MR) is 130 cm³/mol. The number of alkyl halides is 2. The first-order chi connectivity index (χ1) is 16.6. The lowest BCUT2D eigenvalue weighted by molar-refractivity contribution is -0.0102. The predicted octanol–water partition coefficient (Wildman–Crippen LogP) is 4.16. The van der Waals surface area contributed by atoms with Crippen molar-refractivity contribution < 1.29 is 26.7 Å². The number of sulfonamides is 1. The first kappa shape index (κ1) is 24.8. The number of pyridine rings is 1. The molecule has 0 unspecified atom stereocenters. The lowest BCUT2D eigenvalue weighted by Crippen LogP contribution is -2.29. The molecule has 0 atom stereocenters. The van der Waals surface area contributed by atoms with E-state index in [1.807, 2.05) is 6.92 Å². The molecular weight excluding hydrogens is 478 g/mol. The number of halogens is 2. The number of benzene rings is 2. The number of fused-ring (bicyclic) bond motifs is 1. The molecule has 35 heavy (non-hydrogen) atoms. The molecular formula is C24H26F2N4O4S. The smallest absolute Gasteiger partial charge is 0.259 e. The number of hydrogen-bond donors (Lipinski definition) is 2. The summed E-state index contributed by atoms with van der Waals surface area (Å²) in [5.74, 6) is -2.43. The van der Waals surface area contributed by atoms with Gasteiger partial charge in [0, 0.05) is 43.1 Å². The molecule has 1 fully saturated rings. The molecule has 1 aliphatic rings. The van der Waals surface area contributed by atoms with Crippen LogP contribution in [-0.2, 0) is 10.0 Å². The topological polar surface area (TPSA) is 115 Å². The molecule has 0 saturated carbocycles. The van der Waals surface area contributed by atoms with Gasteiger partial charge in [-0.05, 0) is 49.7 Å². The van der Waals surface area contributed by atoms with Gasteiger partial charge >= 0.3 is 0 Å². The summed E-state index contributed by atoms with van der Waals surface area (Å²) in [7, 11) is -3.96. The van der Waals surface area contributed by atoms with Crippen molar-refractivity contribution in [2.24, 2.45) is 5.14 Å². The molecule has 3 N–H and O–H groups in total. The van der Waals surface area contributed by atoms with E-state index >= 15 is 0 Å². The van der Waals surface area contributed by atoms with Crippen LogP contribution in [0.1, 0.15) is 36.5 Å². The van der Waals surface area contributed by atoms with Gasteiger partial charge in [0.1, 0.15) is 11.6 Å². The van der Waals surface area contributed by atoms with Gasteiger partial charge in [-0.3, -0.25) is 4.79 Å². The Hall–Kier alpha value is -3.31. The molecule has 186 valence electrons. The number of primary sulfonamides is 1. The Morgan fingerprint density at radius 2 is 1.97 bits per heavy atom. The third kappa shape index (κ3) is 5.85. The normalized spacial score (nSPS) is 16.1. The molecule has 0 aliphatic carbocycles. The maximum absolute atomic E-state index is 14.0. The summed E-state index contributed by atoms with van der Waals surface area (Å²) in [5, 5.41) is 8.54. The average Bonchev–Trinajstić information content (AvgIpc) is 2.98. The van der Waals surface area contributed by atoms with Crippen LogP contribution in [0.15, 0.2) is 53.4 Å². The van der Waals surface area contributed by atoms with Crippen LogP contribution < -0.4 is 20.1 Å². The van der Waals surface area contributed by atoms with Gasteiger partial charge < -0.3 is 15.0 Å². The van der Waals surface area contributed by atoms with Gasteiger partial charge in [-0.2, -0.15) is 0 Å². The monoisotopic (exact) mass is 504 g/mol. The maximum atomic E-state index is 14.0. The molecule has 2 aromatic carbocycles. The standard InChI is InChI=1S/C24H26F2N4O4S/c1-2-34-18-8-7-16-13-20(23(31)28-17-5-3-6-19(14-17)35(27,32)33)22(29-21(16)15-18)30-11-4-9-24(25,26)10-12-30/h3,5-8,13-15H,2,4,9-12H2,1H3,(H,28,31)(H2,27,32,33). The number of nitrogens with zero attached hydrogens (tertiary/aromatic N) is 2. The summed E-state index contributed by atoms with van der Waals surface area (Å²) < 4.78 is 57.0. The van der Waals surface area contributed by atoms with E-state index in [-0.39, 0.29) is 47.8 Å². The van der Waals surface area contributed by atoms with Crippen LogP contribution in [0, 0.1) is 0 Å². The second kappa shape index (κ2) is 9.74. The van der Waals surface area contributed by atoms with Crippen LogP contribution in [0.3, 0.4) is 0 Å². The average molecular weight is 505 g/mol. The van der Waals surface area contributed by atoms with Crippen molar-refractivity contribution in [1.29, 1.82) is 0 Å². The lowest BCUT2D eigenvalue weighted by Gasteiger charge is -2.24. The molecule has 11 heteroatoms. The van der Waals surface area contributed by atoms with E-state index in [0.29, 0.717) is 29.8 Å². The summed E-state index contributed by atoms with van der Waals surface area (Å²) >= 11 is 0. The molecule has 3 aromatic rings. The van der Waals surface area contributed by atoms with Crippen molar-refractivity contribution in [2.45, 2.75) is 37.0 Å². The molecule has 8 nitrogen and oxygen atoms in total. The number of amides is 1. The fourth-order valence-electron chi connectivity index (χ4n) is 4.03. The first-order valence-corrected chi connectivity index (χ1v) is 12.7. The molecule has 1 saturated heterocycles. The van der Waals surface area contributed by atoms with Crippen molar-refractivity contribution >= 4 is 38.3 Å². The molecule has 0 radical (unpaired) electrons. The molecule has 4 rings (SSSR count). The van der Waals surface area contributed by atoms with Gasteiger partial charge in [0.25, 0.3) is 5.91 Å². The summed E-state index contributed by atoms with van der Waals surface area (Å²) in [6, 6.07) is 12.5. The van der Waals surface area contributed by atoms with E-state index in [1.54, 1.807) is 29.2 Å². The van der Waals surface area contributed by atoms with Crippen LogP contribution in [0.5, 0.6) is 5.75 Å². The minimum Gasteiger partial charge on any atom is -0.494 e. The lowest BCUT2D eigenvalue weighted by atomic mass is 10.1. The van der Waals surface area contributed by atoms with Crippen LogP contribution in [0.2, 0.25) is 0 Å². The second-order valence-corrected chi connectivity index (χ2v) is 9.93. The largest absolute Gasteiger partial charge is 0.494 e. The van der Waals surface area contributed by atoms with E-state index in [1.165, 1.54) is 24.3 Å². The van der Waals surface area contributed by atoms with Gasteiger partial charge in [0.2, 0.25) is 15.9 Å². The van der Waals surface area contributed by atoms with Crippen molar-refractivity contribution in [3.05, 3.63) is 54.1 Å². The third-order valence-electron chi connectivity index (χ3n) is 5.76. The number of rotatable bonds is 6. The minimum atomic E-state index is -3.96. The Morgan fingerprint density at radius 3 is 2.71 bits per heavy atom. The van der Waals surface area contributed by atoms with Crippen molar-refractivity contribution in [2.75, 3.05) is 29.9 Å². The zero-order chi connectivity index (χ0) is 25.2. The summed E-state index contributed by atoms with van der Waals surface area (Å²) in [6.07, 6.45) is -0.320. The van der Waals surface area contributed by atoms with Crippen molar-refractivity contribution in [3.63, 3.8) is 0 Å². The van der Waals surface area contributed by atoms with Gasteiger partial charge in [0.15, 0.2) is 0 Å². The Balaban J connectivity index is 1.75. The highest BCUT2D eigenvalue weighted by molar-refractivity contribution is 7.89. The number of nitrogens with two attached hydrogens (primary N) is 1. The summed E-state index contributed by atoms with van der Waals surface area (Å²) in [5.41, 5.74) is 0.976. The van der Waals surface area contributed by atoms with Gasteiger partial charge in [0.05, 0.1) is 22.6 Å². The highest BCUT2D eigenvalue weighted by Gasteiger charge is 2.33. The first-order valence-electron chi connectivity index (χ1n) is 11.2. The van der Waals surface area contributed by atoms with Crippen LogP contribution in [-0.4, -0.2) is 44.9 Å². The van der Waals surface area contributed by atoms with Gasteiger partial charge in [-0.1, -0.05) is 6.07 Å². The molecule has 0 spiro atoms. The van der Waals surface area contributed by atoms with E-state index in [9.17, 15) is 22.0 Å². The summed E-state index contributed by atoms with van der Waals surface area (Å²) in [6.45, 7) is 2.69. The number of aromatic nitrogens is 1. The van der Waals surface area contributed by atoms with Crippen molar-refractivity contribution in [3.8, 4) is 5.75 Å². The molecule has 1 amide bonds. The highest BCUT2D eigenvalue weighted by atomic mass is 32.2. The number of anilines is 2. The Kier molecular flexibility index (Phi) is 6.91. The quantitative estimate of drug-likeness (QED) is 0.521. The zero-order valence-electron chi connectivity index (χ0n) is 19.1. The Bertz CT molecular complexity index is 1360. The number of ether oxygens (including phenoxy) is 1. The van der Waals surface area contributed by atoms with Gasteiger partial charge in [-0.15, -0.1) is 0 Å². The minimum absolute atomic E-state index is 0.0395. The molecule has 2 heterocycles. The second-order valence-electron chi connectivity index (χ2n) is 8.37. The van der Waals surface area contributed by atoms with E-state index in [0.717, 1.165) is 0 Å². The van der Waals surface area contributed by atoms with Crippen LogP contribution in [0.25, 0.3) is 10.9 Å². The molecule has 1 aliphatic heterocycles. The Morgan fingerprint density at radius 1 is 1.17 bits per heavy atom. The van der Waals surface area contributed by atoms with E-state index in [4.69, 9.17) is 9.88 Å². The summed E-state index contributed by atoms with van der Waals surface area (Å²) in [4.78, 5) is 19.6. The maximum Gasteiger partial charge on any atom is 0.259 e. The number of nitrogens with one attached hydrogen (secondary N) is 1. The number of carbonyl (C=O) groups excluding carboxylic acids is 1. The third-order valence-corrected chi connectivity index (χ3v) is 6.67. The van der Waals surface area contributed by atoms with Crippen LogP contribution in [0.4, 0.5) is 20.3 Å².